The smallest absolute Gasteiger partial charge is 0.313 e. The van der Waals surface area contributed by atoms with Gasteiger partial charge in [0.25, 0.3) is 0 Å². The standard InChI is InChI=1S/C15H20F2N2O3/c1-9(20)7-15(2,3)8-18-13(21)14(22)19-12-10(16)5-4-6-11(12)17/h4-6,9,20H,7-8H2,1-3H3,(H,18,21)(H,19,22). The molecule has 7 heteroatoms. The van der Waals surface area contributed by atoms with Gasteiger partial charge in [-0.2, -0.15) is 0 Å². The van der Waals surface area contributed by atoms with Gasteiger partial charge in [-0.15, -0.1) is 0 Å². The Morgan fingerprint density at radius 1 is 1.23 bits per heavy atom. The number of nitrogens with one attached hydrogen (secondary N) is 2. The first kappa shape index (κ1) is 18.0. The number of benzene rings is 1. The Labute approximate surface area is 127 Å². The van der Waals surface area contributed by atoms with Crippen LogP contribution in [-0.4, -0.2) is 29.6 Å². The van der Waals surface area contributed by atoms with Crippen LogP contribution in [0.1, 0.15) is 27.2 Å². The molecule has 1 aromatic rings. The molecule has 3 N–H and O–H groups in total. The van der Waals surface area contributed by atoms with Crippen LogP contribution in [0.3, 0.4) is 0 Å². The van der Waals surface area contributed by atoms with Gasteiger partial charge in [0.1, 0.15) is 17.3 Å². The third-order valence-electron chi connectivity index (χ3n) is 2.98. The van der Waals surface area contributed by atoms with E-state index in [1.807, 2.05) is 19.2 Å². The maximum absolute atomic E-state index is 13.4. The van der Waals surface area contributed by atoms with E-state index >= 15 is 0 Å². The van der Waals surface area contributed by atoms with Crippen molar-refractivity contribution in [3.05, 3.63) is 29.8 Å². The van der Waals surface area contributed by atoms with Crippen LogP contribution in [-0.2, 0) is 9.59 Å². The number of hydrogen-bond acceptors (Lipinski definition) is 3. The molecule has 22 heavy (non-hydrogen) atoms. The van der Waals surface area contributed by atoms with E-state index in [2.05, 4.69) is 5.32 Å². The van der Waals surface area contributed by atoms with Gasteiger partial charge < -0.3 is 15.7 Å². The van der Waals surface area contributed by atoms with Crippen LogP contribution in [0.4, 0.5) is 14.5 Å². The van der Waals surface area contributed by atoms with Crippen molar-refractivity contribution in [1.82, 2.24) is 5.32 Å². The minimum Gasteiger partial charge on any atom is -0.393 e. The Balaban J connectivity index is 2.61. The molecule has 1 rings (SSSR count). The van der Waals surface area contributed by atoms with Crippen LogP contribution >= 0.6 is 0 Å². The van der Waals surface area contributed by atoms with Gasteiger partial charge in [-0.25, -0.2) is 8.78 Å². The van der Waals surface area contributed by atoms with Crippen LogP contribution < -0.4 is 10.6 Å². The Kier molecular flexibility index (Phi) is 5.99. The highest BCUT2D eigenvalue weighted by Gasteiger charge is 2.24. The Morgan fingerprint density at radius 3 is 2.27 bits per heavy atom. The number of carbonyl (C=O) groups is 2. The largest absolute Gasteiger partial charge is 0.393 e. The van der Waals surface area contributed by atoms with Crippen molar-refractivity contribution in [2.45, 2.75) is 33.3 Å². The lowest BCUT2D eigenvalue weighted by atomic mass is 9.87. The van der Waals surface area contributed by atoms with E-state index in [1.165, 1.54) is 0 Å². The highest BCUT2D eigenvalue weighted by Crippen LogP contribution is 2.21. The summed E-state index contributed by atoms with van der Waals surface area (Å²) >= 11 is 0. The number of rotatable bonds is 5. The van der Waals surface area contributed by atoms with Gasteiger partial charge in [-0.05, 0) is 30.9 Å². The van der Waals surface area contributed by atoms with Crippen molar-refractivity contribution in [2.24, 2.45) is 5.41 Å². The van der Waals surface area contributed by atoms with Crippen LogP contribution in [0.15, 0.2) is 18.2 Å². The first-order chi connectivity index (χ1) is 10.1. The highest BCUT2D eigenvalue weighted by molar-refractivity contribution is 6.39. The summed E-state index contributed by atoms with van der Waals surface area (Å²) in [5.74, 6) is -4.08. The maximum Gasteiger partial charge on any atom is 0.313 e. The lowest BCUT2D eigenvalue weighted by Gasteiger charge is -2.26. The molecule has 1 aromatic carbocycles. The van der Waals surface area contributed by atoms with Gasteiger partial charge in [-0.3, -0.25) is 9.59 Å². The fraction of sp³-hybridized carbons (Fsp3) is 0.467. The highest BCUT2D eigenvalue weighted by atomic mass is 19.1. The molecule has 2 amide bonds. The van der Waals surface area contributed by atoms with Crippen LogP contribution in [0.5, 0.6) is 0 Å². The molecule has 1 atom stereocenters. The minimum absolute atomic E-state index is 0.143. The minimum atomic E-state index is -1.16. The number of aliphatic hydroxyl groups is 1. The third kappa shape index (κ3) is 5.40. The average Bonchev–Trinajstić information content (AvgIpc) is 2.38. The number of hydrogen-bond donors (Lipinski definition) is 3. The molecule has 0 saturated carbocycles. The normalized spacial score (nSPS) is 12.6. The number of para-hydroxylation sites is 1. The molecular weight excluding hydrogens is 294 g/mol. The first-order valence-electron chi connectivity index (χ1n) is 6.83. The number of amides is 2. The zero-order valence-electron chi connectivity index (χ0n) is 12.7. The fourth-order valence-corrected chi connectivity index (χ4v) is 2.06. The quantitative estimate of drug-likeness (QED) is 0.725. The molecule has 0 spiro atoms. The van der Waals surface area contributed by atoms with Crippen molar-refractivity contribution in [1.29, 1.82) is 0 Å². The number of aliphatic hydroxyl groups excluding tert-OH is 1. The molecule has 0 aliphatic carbocycles. The monoisotopic (exact) mass is 314 g/mol. The molecule has 122 valence electrons. The van der Waals surface area contributed by atoms with Crippen LogP contribution in [0, 0.1) is 17.0 Å². The number of carbonyl (C=O) groups excluding carboxylic acids is 2. The molecule has 5 nitrogen and oxygen atoms in total. The molecule has 0 saturated heterocycles. The molecule has 0 aromatic heterocycles. The van der Waals surface area contributed by atoms with E-state index in [1.54, 1.807) is 6.92 Å². The van der Waals surface area contributed by atoms with Crippen molar-refractivity contribution < 1.29 is 23.5 Å². The SMILES string of the molecule is CC(O)CC(C)(C)CNC(=O)C(=O)Nc1c(F)cccc1F. The van der Waals surface area contributed by atoms with E-state index < -0.39 is 40.7 Å². The van der Waals surface area contributed by atoms with Gasteiger partial charge in [0.05, 0.1) is 6.10 Å². The zero-order valence-corrected chi connectivity index (χ0v) is 12.7. The summed E-state index contributed by atoms with van der Waals surface area (Å²) in [6.07, 6.45) is -0.121. The Bertz CT molecular complexity index is 539. The zero-order chi connectivity index (χ0) is 16.9. The van der Waals surface area contributed by atoms with E-state index in [-0.39, 0.29) is 6.54 Å². The summed E-state index contributed by atoms with van der Waals surface area (Å²) in [7, 11) is 0. The lowest BCUT2D eigenvalue weighted by molar-refractivity contribution is -0.136. The summed E-state index contributed by atoms with van der Waals surface area (Å²) < 4.78 is 26.8. The fourth-order valence-electron chi connectivity index (χ4n) is 2.06. The van der Waals surface area contributed by atoms with E-state index in [0.29, 0.717) is 6.42 Å². The van der Waals surface area contributed by atoms with Gasteiger partial charge >= 0.3 is 11.8 Å². The molecule has 0 heterocycles. The summed E-state index contributed by atoms with van der Waals surface area (Å²) in [6.45, 7) is 5.39. The lowest BCUT2D eigenvalue weighted by Crippen LogP contribution is -2.41. The van der Waals surface area contributed by atoms with E-state index in [4.69, 9.17) is 0 Å². The second-order valence-electron chi connectivity index (χ2n) is 5.95. The van der Waals surface area contributed by atoms with Crippen molar-refractivity contribution in [2.75, 3.05) is 11.9 Å². The Hall–Kier alpha value is -2.02. The molecule has 0 radical (unpaired) electrons. The Morgan fingerprint density at radius 2 is 1.77 bits per heavy atom. The first-order valence-corrected chi connectivity index (χ1v) is 6.83. The molecule has 0 bridgehead atoms. The van der Waals surface area contributed by atoms with Gasteiger partial charge in [0.15, 0.2) is 0 Å². The second-order valence-corrected chi connectivity index (χ2v) is 5.95. The second kappa shape index (κ2) is 7.31. The third-order valence-corrected chi connectivity index (χ3v) is 2.98. The van der Waals surface area contributed by atoms with E-state index in [0.717, 1.165) is 18.2 Å². The molecule has 0 fully saturated rings. The van der Waals surface area contributed by atoms with Gasteiger partial charge in [0.2, 0.25) is 0 Å². The summed E-state index contributed by atoms with van der Waals surface area (Å²) in [4.78, 5) is 23.3. The van der Waals surface area contributed by atoms with Crippen LogP contribution in [0.25, 0.3) is 0 Å². The predicted molar refractivity (Wildman–Crippen MR) is 78.1 cm³/mol. The maximum atomic E-state index is 13.4. The molecule has 0 aliphatic rings. The number of halogens is 2. The predicted octanol–water partition coefficient (Wildman–Crippen LogP) is 1.82. The summed E-state index contributed by atoms with van der Waals surface area (Å²) in [5, 5.41) is 13.6. The van der Waals surface area contributed by atoms with E-state index in [9.17, 15) is 23.5 Å². The van der Waals surface area contributed by atoms with Crippen molar-refractivity contribution >= 4 is 17.5 Å². The topological polar surface area (TPSA) is 78.4 Å². The molecule has 0 aliphatic heterocycles. The van der Waals surface area contributed by atoms with Crippen LogP contribution in [0.2, 0.25) is 0 Å². The molecular formula is C15H20F2N2O3. The van der Waals surface area contributed by atoms with Gasteiger partial charge in [-0.1, -0.05) is 19.9 Å². The van der Waals surface area contributed by atoms with Crippen molar-refractivity contribution in [3.8, 4) is 0 Å². The van der Waals surface area contributed by atoms with Gasteiger partial charge in [0, 0.05) is 6.54 Å². The summed E-state index contributed by atoms with van der Waals surface area (Å²) in [5.41, 5.74) is -1.08. The number of anilines is 1. The average molecular weight is 314 g/mol. The molecule has 1 unspecified atom stereocenters. The summed E-state index contributed by atoms with van der Waals surface area (Å²) in [6, 6.07) is 3.10. The van der Waals surface area contributed by atoms with Crippen molar-refractivity contribution in [3.63, 3.8) is 0 Å².